The maximum absolute atomic E-state index is 12.9. The molecular weight excluding hydrogens is 372 g/mol. The summed E-state index contributed by atoms with van der Waals surface area (Å²) in [6, 6.07) is 16.0. The molecule has 1 fully saturated rings. The summed E-state index contributed by atoms with van der Waals surface area (Å²) in [6.07, 6.45) is 1.95. The maximum atomic E-state index is 12.9. The molecule has 3 aromatic rings. The molecule has 1 aliphatic rings. The fourth-order valence-corrected chi connectivity index (χ4v) is 3.63. The largest absolute Gasteiger partial charge is 0.497 e. The first-order valence-corrected chi connectivity index (χ1v) is 9.89. The number of hydrogen-bond acceptors (Lipinski definition) is 3. The van der Waals surface area contributed by atoms with Crippen LogP contribution in [0.1, 0.15) is 29.5 Å². The number of pyridine rings is 1. The number of halogens is 1. The Labute approximate surface area is 170 Å². The number of rotatable bonds is 6. The molecule has 0 atom stereocenters. The van der Waals surface area contributed by atoms with Crippen LogP contribution in [0.25, 0.3) is 10.9 Å². The highest BCUT2D eigenvalue weighted by atomic mass is 35.5. The minimum absolute atomic E-state index is 0.146. The fourth-order valence-electron chi connectivity index (χ4n) is 3.44. The zero-order valence-corrected chi connectivity index (χ0v) is 16.9. The minimum Gasteiger partial charge on any atom is -0.497 e. The molecule has 2 aromatic carbocycles. The molecular formula is C23H23ClN2O2. The smallest absolute Gasteiger partial charge is 0.226 e. The Kier molecular flexibility index (Phi) is 5.23. The monoisotopic (exact) mass is 394 g/mol. The Morgan fingerprint density at radius 3 is 2.61 bits per heavy atom. The predicted molar refractivity (Wildman–Crippen MR) is 111 cm³/mol. The zero-order valence-electron chi connectivity index (χ0n) is 16.1. The van der Waals surface area contributed by atoms with E-state index >= 15 is 0 Å². The molecule has 28 heavy (non-hydrogen) atoms. The van der Waals surface area contributed by atoms with Crippen molar-refractivity contribution in [2.24, 2.45) is 5.92 Å². The highest BCUT2D eigenvalue weighted by Crippen LogP contribution is 2.33. The number of fused-ring (bicyclic) bond motifs is 1. The van der Waals surface area contributed by atoms with Gasteiger partial charge >= 0.3 is 0 Å². The molecule has 0 spiro atoms. The van der Waals surface area contributed by atoms with Gasteiger partial charge in [0.15, 0.2) is 0 Å². The van der Waals surface area contributed by atoms with Gasteiger partial charge < -0.3 is 9.64 Å². The molecule has 1 aliphatic carbocycles. The summed E-state index contributed by atoms with van der Waals surface area (Å²) in [5.41, 5.74) is 3.94. The lowest BCUT2D eigenvalue weighted by molar-refractivity contribution is -0.133. The first-order valence-electron chi connectivity index (χ1n) is 9.51. The van der Waals surface area contributed by atoms with Crippen molar-refractivity contribution in [3.8, 4) is 5.75 Å². The van der Waals surface area contributed by atoms with Crippen molar-refractivity contribution in [1.29, 1.82) is 0 Å². The molecule has 1 aromatic heterocycles. The van der Waals surface area contributed by atoms with Crippen LogP contribution in [-0.2, 0) is 17.9 Å². The topological polar surface area (TPSA) is 42.4 Å². The van der Waals surface area contributed by atoms with Gasteiger partial charge in [-0.2, -0.15) is 0 Å². The SMILES string of the molecule is COc1ccc(CN(Cc2cc3cccc(C)c3nc2Cl)C(=O)C2CC2)cc1. The molecule has 144 valence electrons. The molecule has 0 aliphatic heterocycles. The third-order valence-corrected chi connectivity index (χ3v) is 5.53. The average Bonchev–Trinajstić information content (AvgIpc) is 3.54. The molecule has 1 amide bonds. The van der Waals surface area contributed by atoms with E-state index in [1.807, 2.05) is 54.3 Å². The number of nitrogens with zero attached hydrogens (tertiary/aromatic N) is 2. The second kappa shape index (κ2) is 7.80. The number of ether oxygens (including phenoxy) is 1. The number of hydrogen-bond donors (Lipinski definition) is 0. The van der Waals surface area contributed by atoms with Crippen LogP contribution in [0.15, 0.2) is 48.5 Å². The predicted octanol–water partition coefficient (Wildman–Crippen LogP) is 5.14. The Hall–Kier alpha value is -2.59. The van der Waals surface area contributed by atoms with Crippen LogP contribution in [0.4, 0.5) is 0 Å². The van der Waals surface area contributed by atoms with Crippen molar-refractivity contribution in [1.82, 2.24) is 9.88 Å². The van der Waals surface area contributed by atoms with Gasteiger partial charge in [-0.3, -0.25) is 4.79 Å². The van der Waals surface area contributed by atoms with Crippen LogP contribution in [-0.4, -0.2) is 22.9 Å². The molecule has 0 unspecified atom stereocenters. The van der Waals surface area contributed by atoms with E-state index in [2.05, 4.69) is 11.1 Å². The van der Waals surface area contributed by atoms with Crippen LogP contribution in [0, 0.1) is 12.8 Å². The second-order valence-electron chi connectivity index (χ2n) is 7.40. The summed E-state index contributed by atoms with van der Waals surface area (Å²) in [5.74, 6) is 1.14. The number of aryl methyl sites for hydroxylation is 1. The first kappa shape index (κ1) is 18.8. The van der Waals surface area contributed by atoms with E-state index in [0.717, 1.165) is 46.2 Å². The van der Waals surface area contributed by atoms with Gasteiger partial charge in [0.1, 0.15) is 10.9 Å². The summed E-state index contributed by atoms with van der Waals surface area (Å²) in [6.45, 7) is 3.02. The van der Waals surface area contributed by atoms with E-state index in [-0.39, 0.29) is 11.8 Å². The number of carbonyl (C=O) groups excluding carboxylic acids is 1. The van der Waals surface area contributed by atoms with Gasteiger partial charge in [0.25, 0.3) is 0 Å². The number of methoxy groups -OCH3 is 1. The van der Waals surface area contributed by atoms with E-state index in [4.69, 9.17) is 16.3 Å². The van der Waals surface area contributed by atoms with Crippen LogP contribution >= 0.6 is 11.6 Å². The van der Waals surface area contributed by atoms with Gasteiger partial charge in [-0.25, -0.2) is 4.98 Å². The van der Waals surface area contributed by atoms with Crippen molar-refractivity contribution in [2.75, 3.05) is 7.11 Å². The standard InChI is InChI=1S/C23H23ClN2O2/c1-15-4-3-5-18-12-19(22(24)25-21(15)18)14-26(23(27)17-8-9-17)13-16-6-10-20(28-2)11-7-16/h3-7,10-12,17H,8-9,13-14H2,1-2H3. The van der Waals surface area contributed by atoms with Crippen molar-refractivity contribution in [2.45, 2.75) is 32.9 Å². The summed E-state index contributed by atoms with van der Waals surface area (Å²) in [4.78, 5) is 19.4. The lowest BCUT2D eigenvalue weighted by atomic mass is 10.1. The second-order valence-corrected chi connectivity index (χ2v) is 7.76. The van der Waals surface area contributed by atoms with Crippen molar-refractivity contribution in [3.05, 3.63) is 70.4 Å². The third kappa shape index (κ3) is 3.97. The summed E-state index contributed by atoms with van der Waals surface area (Å²) in [5, 5.41) is 1.51. The summed E-state index contributed by atoms with van der Waals surface area (Å²) < 4.78 is 5.23. The molecule has 0 radical (unpaired) electrons. The Balaban J connectivity index is 1.62. The lowest BCUT2D eigenvalue weighted by Crippen LogP contribution is -2.31. The van der Waals surface area contributed by atoms with Gasteiger partial charge in [-0.15, -0.1) is 0 Å². The fraction of sp³-hybridized carbons (Fsp3) is 0.304. The molecule has 5 heteroatoms. The Morgan fingerprint density at radius 1 is 1.18 bits per heavy atom. The number of benzene rings is 2. The van der Waals surface area contributed by atoms with Gasteiger partial charge in [-0.05, 0) is 49.1 Å². The van der Waals surface area contributed by atoms with Gasteiger partial charge in [0.05, 0.1) is 12.6 Å². The van der Waals surface area contributed by atoms with E-state index in [1.165, 1.54) is 0 Å². The van der Waals surface area contributed by atoms with Crippen molar-refractivity contribution in [3.63, 3.8) is 0 Å². The lowest BCUT2D eigenvalue weighted by Gasteiger charge is -2.24. The molecule has 0 bridgehead atoms. The normalized spacial score (nSPS) is 13.5. The maximum Gasteiger partial charge on any atom is 0.226 e. The highest BCUT2D eigenvalue weighted by Gasteiger charge is 2.33. The molecule has 4 nitrogen and oxygen atoms in total. The van der Waals surface area contributed by atoms with E-state index < -0.39 is 0 Å². The Bertz CT molecular complexity index is 1010. The number of aromatic nitrogens is 1. The number of carbonyl (C=O) groups is 1. The van der Waals surface area contributed by atoms with E-state index in [0.29, 0.717) is 18.2 Å². The van der Waals surface area contributed by atoms with Crippen LogP contribution in [0.2, 0.25) is 5.15 Å². The molecule has 0 saturated heterocycles. The van der Waals surface area contributed by atoms with Gasteiger partial charge in [0, 0.05) is 30.0 Å². The quantitative estimate of drug-likeness (QED) is 0.543. The molecule has 1 saturated carbocycles. The third-order valence-electron chi connectivity index (χ3n) is 5.21. The molecule has 1 heterocycles. The number of amides is 1. The van der Waals surface area contributed by atoms with Crippen LogP contribution in [0.5, 0.6) is 5.75 Å². The molecule has 4 rings (SSSR count). The molecule has 0 N–H and O–H groups in total. The van der Waals surface area contributed by atoms with E-state index in [9.17, 15) is 4.79 Å². The Morgan fingerprint density at radius 2 is 1.93 bits per heavy atom. The minimum atomic E-state index is 0.146. The number of para-hydroxylation sites is 1. The average molecular weight is 395 g/mol. The van der Waals surface area contributed by atoms with E-state index in [1.54, 1.807) is 7.11 Å². The summed E-state index contributed by atoms with van der Waals surface area (Å²) in [7, 11) is 1.65. The first-order chi connectivity index (χ1) is 13.5. The highest BCUT2D eigenvalue weighted by molar-refractivity contribution is 6.30. The zero-order chi connectivity index (χ0) is 19.7. The van der Waals surface area contributed by atoms with Crippen molar-refractivity contribution >= 4 is 28.4 Å². The van der Waals surface area contributed by atoms with Gasteiger partial charge in [0.2, 0.25) is 5.91 Å². The summed E-state index contributed by atoms with van der Waals surface area (Å²) >= 11 is 6.50. The van der Waals surface area contributed by atoms with Gasteiger partial charge in [-0.1, -0.05) is 41.9 Å². The van der Waals surface area contributed by atoms with Crippen LogP contribution < -0.4 is 4.74 Å². The van der Waals surface area contributed by atoms with Crippen LogP contribution in [0.3, 0.4) is 0 Å². The van der Waals surface area contributed by atoms with Crippen molar-refractivity contribution < 1.29 is 9.53 Å².